The Morgan fingerprint density at radius 1 is 1.28 bits per heavy atom. The summed E-state index contributed by atoms with van der Waals surface area (Å²) in [4.78, 5) is 31.8. The van der Waals surface area contributed by atoms with Gasteiger partial charge in [-0.3, -0.25) is 14.9 Å². The topological polar surface area (TPSA) is 125 Å². The monoisotopic (exact) mass is 469 g/mol. The van der Waals surface area contributed by atoms with E-state index in [1.54, 1.807) is 6.92 Å². The highest BCUT2D eigenvalue weighted by atomic mass is 32.1. The fourth-order valence-electron chi connectivity index (χ4n) is 3.22. The van der Waals surface area contributed by atoms with E-state index in [2.05, 4.69) is 31.8 Å². The summed E-state index contributed by atoms with van der Waals surface area (Å²) in [5.41, 5.74) is 4.94. The van der Waals surface area contributed by atoms with Crippen molar-refractivity contribution in [3.63, 3.8) is 0 Å². The van der Waals surface area contributed by atoms with Gasteiger partial charge in [0.25, 0.3) is 5.91 Å². The molecule has 0 fully saturated rings. The molecule has 1 amide bonds. The molecular weight excluding hydrogens is 430 g/mol. The first kappa shape index (κ1) is 28.4. The van der Waals surface area contributed by atoms with Gasteiger partial charge in [-0.2, -0.15) is 17.7 Å². The molecule has 1 aromatic carbocycles. The van der Waals surface area contributed by atoms with E-state index in [1.807, 2.05) is 30.3 Å². The number of carboxylic acid groups (broad SMARTS) is 1. The number of hydrogen-bond donors (Lipinski definition) is 5. The molecule has 0 aliphatic rings. The fourth-order valence-corrected chi connectivity index (χ4v) is 3.35. The summed E-state index contributed by atoms with van der Waals surface area (Å²) in [7, 11) is 0. The highest BCUT2D eigenvalue weighted by Gasteiger charge is 2.48. The lowest BCUT2D eigenvalue weighted by Gasteiger charge is -2.41. The number of rotatable bonds is 16. The smallest absolute Gasteiger partial charge is 0.347 e. The number of aliphatic hydroxyl groups excluding tert-OH is 1. The van der Waals surface area contributed by atoms with Crippen LogP contribution in [0.1, 0.15) is 45.6 Å². The molecule has 8 nitrogen and oxygen atoms in total. The van der Waals surface area contributed by atoms with Gasteiger partial charge in [0.1, 0.15) is 0 Å². The molecule has 0 saturated carbocycles. The lowest BCUT2D eigenvalue weighted by molar-refractivity contribution is -0.240. The largest absolute Gasteiger partial charge is 0.478 e. The second-order valence-electron chi connectivity index (χ2n) is 8.32. The minimum absolute atomic E-state index is 0.0847. The number of nitrogens with one attached hydrogen (secondary N) is 1. The molecule has 0 bridgehead atoms. The van der Waals surface area contributed by atoms with Gasteiger partial charge in [0.2, 0.25) is 5.66 Å². The van der Waals surface area contributed by atoms with Gasteiger partial charge in [-0.1, -0.05) is 57.5 Å². The minimum Gasteiger partial charge on any atom is -0.478 e. The van der Waals surface area contributed by atoms with Crippen LogP contribution >= 0.6 is 12.6 Å². The van der Waals surface area contributed by atoms with Crippen molar-refractivity contribution in [1.29, 1.82) is 0 Å². The minimum atomic E-state index is -1.95. The van der Waals surface area contributed by atoms with Crippen LogP contribution in [0.4, 0.5) is 0 Å². The van der Waals surface area contributed by atoms with Crippen molar-refractivity contribution in [2.45, 2.75) is 58.2 Å². The van der Waals surface area contributed by atoms with Crippen LogP contribution in [0, 0.1) is 11.8 Å². The summed E-state index contributed by atoms with van der Waals surface area (Å²) in [6.45, 7) is 5.67. The average molecular weight is 470 g/mol. The highest BCUT2D eigenvalue weighted by molar-refractivity contribution is 7.80. The number of thiol groups is 1. The van der Waals surface area contributed by atoms with Gasteiger partial charge in [-0.15, -0.1) is 0 Å². The Morgan fingerprint density at radius 3 is 2.47 bits per heavy atom. The molecule has 1 rings (SSSR count). The van der Waals surface area contributed by atoms with Crippen molar-refractivity contribution in [1.82, 2.24) is 10.4 Å². The van der Waals surface area contributed by atoms with Crippen LogP contribution in [0.15, 0.2) is 30.3 Å². The molecule has 1 aromatic rings. The Bertz CT molecular complexity index is 693. The van der Waals surface area contributed by atoms with Gasteiger partial charge in [-0.05, 0) is 24.3 Å². The lowest BCUT2D eigenvalue weighted by Crippen LogP contribution is -2.68. The molecule has 9 heteroatoms. The van der Waals surface area contributed by atoms with Crippen LogP contribution in [0.25, 0.3) is 0 Å². The molecule has 32 heavy (non-hydrogen) atoms. The Labute approximate surface area is 196 Å². The van der Waals surface area contributed by atoms with E-state index < -0.39 is 36.1 Å². The predicted molar refractivity (Wildman–Crippen MR) is 128 cm³/mol. The van der Waals surface area contributed by atoms with Crippen molar-refractivity contribution >= 4 is 24.5 Å². The SMILES string of the molecule is CC[C@H](C)CCON(C(=O)C(C)Cc1ccccc1)[C@](CCO)(NCC(N)CS)C(=O)O. The van der Waals surface area contributed by atoms with Crippen LogP contribution in [-0.4, -0.2) is 64.4 Å². The summed E-state index contributed by atoms with van der Waals surface area (Å²) in [5, 5.41) is 23.7. The molecule has 0 aliphatic heterocycles. The number of aliphatic carboxylic acids is 1. The van der Waals surface area contributed by atoms with E-state index in [-0.39, 0.29) is 19.6 Å². The molecule has 0 saturated heterocycles. The molecule has 4 atom stereocenters. The van der Waals surface area contributed by atoms with Crippen LogP contribution in [0.5, 0.6) is 0 Å². The summed E-state index contributed by atoms with van der Waals surface area (Å²) < 4.78 is 0. The summed E-state index contributed by atoms with van der Waals surface area (Å²) in [5.74, 6) is -1.65. The maximum atomic E-state index is 13.5. The molecular formula is C23H39N3O5S. The van der Waals surface area contributed by atoms with Crippen molar-refractivity contribution in [3.8, 4) is 0 Å². The first-order valence-corrected chi connectivity index (χ1v) is 11.8. The van der Waals surface area contributed by atoms with E-state index in [0.29, 0.717) is 24.5 Å². The van der Waals surface area contributed by atoms with E-state index in [0.717, 1.165) is 17.0 Å². The second-order valence-corrected chi connectivity index (χ2v) is 8.69. The number of hydrogen-bond acceptors (Lipinski definition) is 7. The summed E-state index contributed by atoms with van der Waals surface area (Å²) in [6.07, 6.45) is 1.78. The first-order valence-electron chi connectivity index (χ1n) is 11.2. The maximum Gasteiger partial charge on any atom is 0.347 e. The number of nitrogens with zero attached hydrogens (tertiary/aromatic N) is 1. The zero-order valence-corrected chi connectivity index (χ0v) is 20.3. The highest BCUT2D eigenvalue weighted by Crippen LogP contribution is 2.24. The second kappa shape index (κ2) is 14.5. The third-order valence-electron chi connectivity index (χ3n) is 5.60. The van der Waals surface area contributed by atoms with Gasteiger partial charge in [-0.25, -0.2) is 4.79 Å². The molecule has 0 aromatic heterocycles. The Kier molecular flexibility index (Phi) is 12.9. The van der Waals surface area contributed by atoms with Crippen molar-refractivity contribution in [2.75, 3.05) is 25.5 Å². The zero-order chi connectivity index (χ0) is 24.1. The summed E-state index contributed by atoms with van der Waals surface area (Å²) in [6, 6.07) is 9.07. The Balaban J connectivity index is 3.24. The molecule has 182 valence electrons. The van der Waals surface area contributed by atoms with Crippen molar-refractivity contribution in [3.05, 3.63) is 35.9 Å². The average Bonchev–Trinajstić information content (AvgIpc) is 2.79. The molecule has 0 spiro atoms. The van der Waals surface area contributed by atoms with Crippen LogP contribution < -0.4 is 11.1 Å². The molecule has 0 heterocycles. The lowest BCUT2D eigenvalue weighted by atomic mass is 9.97. The Morgan fingerprint density at radius 2 is 1.94 bits per heavy atom. The zero-order valence-electron chi connectivity index (χ0n) is 19.4. The number of nitrogens with two attached hydrogens (primary N) is 1. The predicted octanol–water partition coefficient (Wildman–Crippen LogP) is 2.07. The number of carboxylic acids is 1. The molecule has 0 radical (unpaired) electrons. The number of aliphatic hydroxyl groups is 1. The van der Waals surface area contributed by atoms with Crippen molar-refractivity contribution in [2.24, 2.45) is 17.6 Å². The van der Waals surface area contributed by atoms with E-state index in [1.165, 1.54) is 0 Å². The Hall–Kier alpha value is -1.65. The third kappa shape index (κ3) is 8.37. The van der Waals surface area contributed by atoms with Gasteiger partial charge >= 0.3 is 5.97 Å². The van der Waals surface area contributed by atoms with E-state index in [4.69, 9.17) is 10.6 Å². The number of carbonyl (C=O) groups is 2. The van der Waals surface area contributed by atoms with Gasteiger partial charge in [0, 0.05) is 37.3 Å². The molecule has 0 aliphatic carbocycles. The van der Waals surface area contributed by atoms with Crippen molar-refractivity contribution < 1.29 is 24.6 Å². The maximum absolute atomic E-state index is 13.5. The normalized spacial score (nSPS) is 16.1. The van der Waals surface area contributed by atoms with Crippen LogP contribution in [0.2, 0.25) is 0 Å². The van der Waals surface area contributed by atoms with E-state index >= 15 is 0 Å². The number of carbonyl (C=O) groups excluding carboxylic acids is 1. The fraction of sp³-hybridized carbons (Fsp3) is 0.652. The van der Waals surface area contributed by atoms with Gasteiger partial charge in [0.05, 0.1) is 6.61 Å². The van der Waals surface area contributed by atoms with Crippen LogP contribution in [-0.2, 0) is 20.8 Å². The number of amides is 1. The standard InChI is InChI=1S/C23H39N3O5S/c1-4-17(2)10-13-31-26(21(28)18(3)14-19-8-6-5-7-9-19)23(11-12-27,22(29)30)25-15-20(24)16-32/h5-9,17-18,20,25,27,32H,4,10-16,24H2,1-3H3,(H,29,30)/t17-,18?,20?,23-/m0/s1. The van der Waals surface area contributed by atoms with E-state index in [9.17, 15) is 19.8 Å². The number of benzene rings is 1. The third-order valence-corrected chi connectivity index (χ3v) is 6.07. The molecule has 2 unspecified atom stereocenters. The molecule has 5 N–H and O–H groups in total. The summed E-state index contributed by atoms with van der Waals surface area (Å²) >= 11 is 4.15. The number of hydroxylamine groups is 2. The van der Waals surface area contributed by atoms with Gasteiger partial charge < -0.3 is 15.9 Å². The van der Waals surface area contributed by atoms with Crippen LogP contribution in [0.3, 0.4) is 0 Å². The quantitative estimate of drug-likeness (QED) is 0.143. The first-order chi connectivity index (χ1) is 15.2. The van der Waals surface area contributed by atoms with Gasteiger partial charge in [0.15, 0.2) is 0 Å².